The highest BCUT2D eigenvalue weighted by Gasteiger charge is 2.56. The molecule has 1 atom stereocenters. The maximum Gasteiger partial charge on any atom is 0.245 e. The number of anilines is 1. The fraction of sp³-hybridized carbons (Fsp3) is 0.435. The van der Waals surface area contributed by atoms with Gasteiger partial charge in [-0.05, 0) is 30.5 Å². The van der Waals surface area contributed by atoms with Crippen molar-refractivity contribution in [1.29, 1.82) is 0 Å². The number of fused-ring (bicyclic) bond motifs is 5. The Balaban J connectivity index is 0.000000319. The smallest absolute Gasteiger partial charge is 0.245 e. The second kappa shape index (κ2) is 7.26. The number of para-hydroxylation sites is 1. The molecule has 1 spiro atoms. The maximum absolute atomic E-state index is 13.2. The van der Waals surface area contributed by atoms with Crippen LogP contribution in [0.1, 0.15) is 30.4 Å². The Bertz CT molecular complexity index is 931. The van der Waals surface area contributed by atoms with Crippen molar-refractivity contribution in [2.24, 2.45) is 0 Å². The summed E-state index contributed by atoms with van der Waals surface area (Å²) in [5.74, 6) is 2.13. The molecule has 0 aliphatic carbocycles. The van der Waals surface area contributed by atoms with Crippen LogP contribution >= 0.6 is 0 Å². The second-order valence-corrected chi connectivity index (χ2v) is 7.74. The molecule has 6 heteroatoms. The van der Waals surface area contributed by atoms with Crippen molar-refractivity contribution < 1.29 is 23.7 Å². The molecule has 152 valence electrons. The van der Waals surface area contributed by atoms with E-state index >= 15 is 0 Å². The minimum atomic E-state index is -0.786. The number of ether oxygens (including phenoxy) is 4. The highest BCUT2D eigenvalue weighted by molar-refractivity contribution is 6.11. The fourth-order valence-electron chi connectivity index (χ4n) is 4.45. The SMILES string of the molecule is C1CCOC1.CN1C(=O)C2(COc3cc4c(cc32)OCCCO4)c2ccccc21. The highest BCUT2D eigenvalue weighted by atomic mass is 16.5. The summed E-state index contributed by atoms with van der Waals surface area (Å²) in [7, 11) is 1.82. The molecule has 29 heavy (non-hydrogen) atoms. The lowest BCUT2D eigenvalue weighted by atomic mass is 9.77. The lowest BCUT2D eigenvalue weighted by Crippen LogP contribution is -2.40. The predicted molar refractivity (Wildman–Crippen MR) is 108 cm³/mol. The van der Waals surface area contributed by atoms with Crippen molar-refractivity contribution in [2.45, 2.75) is 24.7 Å². The predicted octanol–water partition coefficient (Wildman–Crippen LogP) is 3.30. The van der Waals surface area contributed by atoms with Crippen LogP contribution in [-0.2, 0) is 14.9 Å². The van der Waals surface area contributed by atoms with E-state index in [0.29, 0.717) is 37.1 Å². The van der Waals surface area contributed by atoms with Gasteiger partial charge in [-0.15, -0.1) is 0 Å². The lowest BCUT2D eigenvalue weighted by molar-refractivity contribution is -0.121. The first-order valence-electron chi connectivity index (χ1n) is 10.2. The molecular weight excluding hydrogens is 370 g/mol. The summed E-state index contributed by atoms with van der Waals surface area (Å²) in [6.45, 7) is 3.55. The Morgan fingerprint density at radius 2 is 1.55 bits per heavy atom. The van der Waals surface area contributed by atoms with E-state index < -0.39 is 5.41 Å². The lowest BCUT2D eigenvalue weighted by Gasteiger charge is -2.22. The molecule has 1 amide bonds. The molecule has 4 heterocycles. The van der Waals surface area contributed by atoms with Gasteiger partial charge in [0.2, 0.25) is 5.91 Å². The number of benzene rings is 2. The van der Waals surface area contributed by atoms with Gasteiger partial charge in [0.15, 0.2) is 11.5 Å². The van der Waals surface area contributed by atoms with Crippen molar-refractivity contribution >= 4 is 11.6 Å². The summed E-state index contributed by atoms with van der Waals surface area (Å²) in [6.07, 6.45) is 3.40. The summed E-state index contributed by atoms with van der Waals surface area (Å²) in [5, 5.41) is 0. The van der Waals surface area contributed by atoms with Gasteiger partial charge >= 0.3 is 0 Å². The molecule has 1 fully saturated rings. The normalized spacial score (nSPS) is 23.8. The van der Waals surface area contributed by atoms with Crippen LogP contribution < -0.4 is 19.1 Å². The van der Waals surface area contributed by atoms with E-state index in [0.717, 1.165) is 36.4 Å². The third-order valence-electron chi connectivity index (χ3n) is 5.98. The molecule has 0 aromatic heterocycles. The van der Waals surface area contributed by atoms with Crippen molar-refractivity contribution in [3.05, 3.63) is 47.5 Å². The third-order valence-corrected chi connectivity index (χ3v) is 5.98. The van der Waals surface area contributed by atoms with Gasteiger partial charge in [-0.25, -0.2) is 0 Å². The summed E-state index contributed by atoms with van der Waals surface area (Å²) < 4.78 is 22.4. The van der Waals surface area contributed by atoms with Crippen LogP contribution in [0, 0.1) is 0 Å². The molecule has 0 radical (unpaired) electrons. The highest BCUT2D eigenvalue weighted by Crippen LogP contribution is 2.54. The minimum absolute atomic E-state index is 0.0388. The van der Waals surface area contributed by atoms with Gasteiger partial charge in [-0.3, -0.25) is 4.79 Å². The molecule has 0 saturated carbocycles. The molecule has 0 N–H and O–H groups in total. The van der Waals surface area contributed by atoms with E-state index in [-0.39, 0.29) is 5.91 Å². The van der Waals surface area contributed by atoms with Crippen LogP contribution in [-0.4, -0.2) is 46.0 Å². The van der Waals surface area contributed by atoms with Gasteiger partial charge in [-0.2, -0.15) is 0 Å². The number of amides is 1. The summed E-state index contributed by atoms with van der Waals surface area (Å²) in [6, 6.07) is 11.7. The number of carbonyl (C=O) groups excluding carboxylic acids is 1. The van der Waals surface area contributed by atoms with Gasteiger partial charge < -0.3 is 23.8 Å². The molecule has 2 aromatic carbocycles. The molecular formula is C23H25NO5. The van der Waals surface area contributed by atoms with Crippen molar-refractivity contribution in [3.63, 3.8) is 0 Å². The summed E-state index contributed by atoms with van der Waals surface area (Å²) >= 11 is 0. The molecule has 6 rings (SSSR count). The maximum atomic E-state index is 13.2. The minimum Gasteiger partial charge on any atom is -0.491 e. The number of carbonyl (C=O) groups is 1. The van der Waals surface area contributed by atoms with E-state index in [9.17, 15) is 4.79 Å². The molecule has 0 bridgehead atoms. The van der Waals surface area contributed by atoms with E-state index in [4.69, 9.17) is 18.9 Å². The Morgan fingerprint density at radius 3 is 2.28 bits per heavy atom. The zero-order chi connectivity index (χ0) is 19.8. The van der Waals surface area contributed by atoms with E-state index in [2.05, 4.69) is 0 Å². The number of nitrogens with zero attached hydrogens (tertiary/aromatic N) is 1. The Hall–Kier alpha value is -2.73. The monoisotopic (exact) mass is 395 g/mol. The van der Waals surface area contributed by atoms with Crippen molar-refractivity contribution in [2.75, 3.05) is 45.0 Å². The standard InChI is InChI=1S/C19H17NO4.C4H8O/c1-20-14-6-3-2-5-12(14)19(18(20)21)11-24-15-10-17-16(9-13(15)19)22-7-4-8-23-17;1-2-4-5-3-1/h2-3,5-6,9-10H,4,7-8,11H2,1H3;1-4H2. The van der Waals surface area contributed by atoms with Crippen LogP contribution in [0.5, 0.6) is 17.2 Å². The zero-order valence-corrected chi connectivity index (χ0v) is 16.6. The van der Waals surface area contributed by atoms with Crippen LogP contribution in [0.2, 0.25) is 0 Å². The van der Waals surface area contributed by atoms with Crippen molar-refractivity contribution in [1.82, 2.24) is 0 Å². The fourth-order valence-corrected chi connectivity index (χ4v) is 4.45. The Kier molecular flexibility index (Phi) is 4.59. The molecule has 2 aromatic rings. The summed E-state index contributed by atoms with van der Waals surface area (Å²) in [4.78, 5) is 14.9. The van der Waals surface area contributed by atoms with Gasteiger partial charge in [-0.1, -0.05) is 18.2 Å². The van der Waals surface area contributed by atoms with Crippen LogP contribution in [0.25, 0.3) is 0 Å². The third kappa shape index (κ3) is 2.85. The quantitative estimate of drug-likeness (QED) is 0.685. The average molecular weight is 395 g/mol. The number of hydrogen-bond donors (Lipinski definition) is 0. The first-order chi connectivity index (χ1) is 14.2. The van der Waals surface area contributed by atoms with E-state index in [1.807, 2.05) is 43.4 Å². The van der Waals surface area contributed by atoms with Gasteiger partial charge in [0.1, 0.15) is 17.8 Å². The average Bonchev–Trinajstić information content (AvgIpc) is 3.44. The first kappa shape index (κ1) is 18.3. The molecule has 1 saturated heterocycles. The Labute approximate surface area is 170 Å². The zero-order valence-electron chi connectivity index (χ0n) is 16.6. The van der Waals surface area contributed by atoms with Gasteiger partial charge in [0, 0.05) is 44.0 Å². The molecule has 4 aliphatic heterocycles. The second-order valence-electron chi connectivity index (χ2n) is 7.74. The van der Waals surface area contributed by atoms with E-state index in [1.54, 1.807) is 4.90 Å². The van der Waals surface area contributed by atoms with E-state index in [1.165, 1.54) is 12.8 Å². The molecule has 6 nitrogen and oxygen atoms in total. The van der Waals surface area contributed by atoms with Crippen LogP contribution in [0.15, 0.2) is 36.4 Å². The van der Waals surface area contributed by atoms with Crippen molar-refractivity contribution in [3.8, 4) is 17.2 Å². The van der Waals surface area contributed by atoms with Crippen LogP contribution in [0.4, 0.5) is 5.69 Å². The largest absolute Gasteiger partial charge is 0.491 e. The molecule has 1 unspecified atom stereocenters. The number of hydrogen-bond acceptors (Lipinski definition) is 5. The molecule has 4 aliphatic rings. The number of rotatable bonds is 0. The number of likely N-dealkylation sites (N-methyl/N-ethyl adjacent to an activating group) is 1. The topological polar surface area (TPSA) is 57.2 Å². The Morgan fingerprint density at radius 1 is 0.828 bits per heavy atom. The van der Waals surface area contributed by atoms with Gasteiger partial charge in [0.25, 0.3) is 0 Å². The van der Waals surface area contributed by atoms with Crippen LogP contribution in [0.3, 0.4) is 0 Å². The summed E-state index contributed by atoms with van der Waals surface area (Å²) in [5.41, 5.74) is 2.01. The van der Waals surface area contributed by atoms with Gasteiger partial charge in [0.05, 0.1) is 13.2 Å². The first-order valence-corrected chi connectivity index (χ1v) is 10.2.